The van der Waals surface area contributed by atoms with Crippen molar-refractivity contribution >= 4 is 11.8 Å². The minimum absolute atomic E-state index is 0. The van der Waals surface area contributed by atoms with Gasteiger partial charge in [0.15, 0.2) is 34.9 Å². The molecule has 57 heavy (non-hydrogen) atoms. The van der Waals surface area contributed by atoms with Crippen LogP contribution in [0.1, 0.15) is 54.7 Å². The highest BCUT2D eigenvalue weighted by atomic mass is 19.4. The molecule has 2 amide bonds. The predicted octanol–water partition coefficient (Wildman–Crippen LogP) is 4.67. The topological polar surface area (TPSA) is 154 Å². The summed E-state index contributed by atoms with van der Waals surface area (Å²) in [5.41, 5.74) is 11.3. The number of nitrogens with two attached hydrogens (primary N) is 2. The van der Waals surface area contributed by atoms with Gasteiger partial charge in [-0.05, 0) is 36.1 Å². The molecule has 4 N–H and O–H groups in total. The smallest absolute Gasteiger partial charge is 0.333 e. The molecule has 2 aromatic heterocycles. The number of benzene rings is 2. The second kappa shape index (κ2) is 17.5. The van der Waals surface area contributed by atoms with Gasteiger partial charge in [-0.2, -0.15) is 26.3 Å². The SMILES string of the molecule is C.N[C@@H](CC(=O)N1CCn2c(nnc2C(F)(F)F)C1)Cc1cc(F)c(F)cc1F.N[C@@H](CC(=O)N1CCn2c(nnc2C(F)(F)F)C1)Cc1cc(F)c(F)cc1F. The molecule has 2 aliphatic heterocycles. The summed E-state index contributed by atoms with van der Waals surface area (Å²) in [5, 5.41) is 13.2. The van der Waals surface area contributed by atoms with Crippen LogP contribution in [0.15, 0.2) is 24.3 Å². The van der Waals surface area contributed by atoms with E-state index in [0.717, 1.165) is 9.13 Å². The number of amides is 2. The molecule has 6 rings (SSSR count). The highest BCUT2D eigenvalue weighted by molar-refractivity contribution is 5.77. The van der Waals surface area contributed by atoms with Gasteiger partial charge in [0.1, 0.15) is 11.6 Å². The molecule has 0 unspecified atom stereocenters. The maximum Gasteiger partial charge on any atom is 0.451 e. The van der Waals surface area contributed by atoms with Crippen LogP contribution in [0.25, 0.3) is 0 Å². The van der Waals surface area contributed by atoms with Crippen molar-refractivity contribution in [2.75, 3.05) is 13.1 Å². The van der Waals surface area contributed by atoms with Crippen LogP contribution in [0.5, 0.6) is 0 Å². The van der Waals surface area contributed by atoms with Gasteiger partial charge in [0.2, 0.25) is 23.5 Å². The van der Waals surface area contributed by atoms with E-state index in [1.165, 1.54) is 9.80 Å². The highest BCUT2D eigenvalue weighted by Crippen LogP contribution is 2.31. The number of aromatic nitrogens is 6. The van der Waals surface area contributed by atoms with E-state index in [9.17, 15) is 62.3 Å². The van der Waals surface area contributed by atoms with Crippen molar-refractivity contribution in [3.8, 4) is 0 Å². The van der Waals surface area contributed by atoms with Crippen molar-refractivity contribution in [1.82, 2.24) is 39.3 Å². The Kier molecular flexibility index (Phi) is 13.6. The normalized spacial score (nSPS) is 15.2. The van der Waals surface area contributed by atoms with E-state index in [-0.39, 0.29) is 95.2 Å². The van der Waals surface area contributed by atoms with Crippen molar-refractivity contribution in [2.45, 2.75) is 83.7 Å². The molecule has 0 spiro atoms. The zero-order valence-corrected chi connectivity index (χ0v) is 28.6. The lowest BCUT2D eigenvalue weighted by Gasteiger charge is -2.29. The van der Waals surface area contributed by atoms with Gasteiger partial charge < -0.3 is 30.4 Å². The summed E-state index contributed by atoms with van der Waals surface area (Å²) in [6.07, 6.45) is -10.2. The fraction of sp³-hybridized carbons (Fsp3) is 0.455. The maximum atomic E-state index is 13.7. The largest absolute Gasteiger partial charge is 0.451 e. The Bertz CT molecular complexity index is 1940. The monoisotopic (exact) mass is 830 g/mol. The van der Waals surface area contributed by atoms with Gasteiger partial charge >= 0.3 is 12.4 Å². The van der Waals surface area contributed by atoms with Crippen molar-refractivity contribution in [3.63, 3.8) is 0 Å². The minimum atomic E-state index is -4.64. The van der Waals surface area contributed by atoms with Gasteiger partial charge in [-0.3, -0.25) is 9.59 Å². The van der Waals surface area contributed by atoms with Crippen molar-refractivity contribution in [3.05, 3.63) is 93.6 Å². The van der Waals surface area contributed by atoms with Crippen LogP contribution in [0.3, 0.4) is 0 Å². The number of hydrogen-bond acceptors (Lipinski definition) is 8. The third kappa shape index (κ3) is 10.6. The standard InChI is InChI=1S/2C16H15F6N5O.CH4/c2*17-10-6-12(19)11(18)4-8(10)3-9(23)5-14(28)26-1-2-27-13(7-26)24-25-15(27)16(20,21)22;/h2*4,6,9H,1-3,5,7,23H2;1H4/t2*9-;/m11./s1. The van der Waals surface area contributed by atoms with E-state index in [0.29, 0.717) is 24.3 Å². The Morgan fingerprint density at radius 2 is 0.895 bits per heavy atom. The molecule has 0 saturated heterocycles. The Balaban J connectivity index is 0.000000248. The van der Waals surface area contributed by atoms with Crippen LogP contribution in [-0.2, 0) is 61.0 Å². The second-order valence-corrected chi connectivity index (χ2v) is 12.9. The number of alkyl halides is 6. The summed E-state index contributed by atoms with van der Waals surface area (Å²) in [4.78, 5) is 27.3. The van der Waals surface area contributed by atoms with E-state index in [4.69, 9.17) is 11.5 Å². The molecule has 4 aromatic rings. The molecule has 4 heterocycles. The van der Waals surface area contributed by atoms with Gasteiger partial charge in [0, 0.05) is 63.2 Å². The Labute approximate surface area is 315 Å². The van der Waals surface area contributed by atoms with Gasteiger partial charge in [-0.25, -0.2) is 26.3 Å². The van der Waals surface area contributed by atoms with E-state index in [1.807, 2.05) is 0 Å². The van der Waals surface area contributed by atoms with Crippen LogP contribution < -0.4 is 11.5 Å². The van der Waals surface area contributed by atoms with Gasteiger partial charge in [0.25, 0.3) is 0 Å². The Morgan fingerprint density at radius 1 is 0.561 bits per heavy atom. The number of carbonyl (C=O) groups is 2. The number of nitrogens with zero attached hydrogens (tertiary/aromatic N) is 8. The van der Waals surface area contributed by atoms with Crippen molar-refractivity contribution < 1.29 is 62.3 Å². The van der Waals surface area contributed by atoms with E-state index in [1.54, 1.807) is 0 Å². The Morgan fingerprint density at radius 3 is 1.23 bits per heavy atom. The summed E-state index contributed by atoms with van der Waals surface area (Å²) in [5.74, 6) is -10.3. The first-order valence-corrected chi connectivity index (χ1v) is 16.4. The lowest BCUT2D eigenvalue weighted by Crippen LogP contribution is -2.42. The molecule has 0 radical (unpaired) electrons. The molecule has 0 fully saturated rings. The number of halogens is 12. The first-order chi connectivity index (χ1) is 26.1. The number of hydrogen-bond donors (Lipinski definition) is 2. The number of rotatable bonds is 8. The predicted molar refractivity (Wildman–Crippen MR) is 173 cm³/mol. The second-order valence-electron chi connectivity index (χ2n) is 12.9. The van der Waals surface area contributed by atoms with E-state index >= 15 is 0 Å². The quantitative estimate of drug-likeness (QED) is 0.192. The van der Waals surface area contributed by atoms with Crippen molar-refractivity contribution in [1.29, 1.82) is 0 Å². The summed E-state index contributed by atoms with van der Waals surface area (Å²) in [6, 6.07) is 0.368. The van der Waals surface area contributed by atoms with E-state index < -0.39 is 82.8 Å². The third-order valence-corrected chi connectivity index (χ3v) is 8.74. The average Bonchev–Trinajstić information content (AvgIpc) is 3.74. The van der Waals surface area contributed by atoms with Crippen LogP contribution >= 0.6 is 0 Å². The Hall–Kier alpha value is -5.26. The van der Waals surface area contributed by atoms with Crippen LogP contribution in [-0.4, -0.2) is 76.3 Å². The zero-order valence-electron chi connectivity index (χ0n) is 28.6. The molecule has 0 aliphatic carbocycles. The highest BCUT2D eigenvalue weighted by Gasteiger charge is 2.41. The first-order valence-electron chi connectivity index (χ1n) is 16.4. The molecule has 2 atom stereocenters. The molecular formula is C33H34F12N10O2. The number of carbonyl (C=O) groups excluding carboxylic acids is 2. The molecule has 2 aromatic carbocycles. The van der Waals surface area contributed by atoms with E-state index in [2.05, 4.69) is 20.4 Å². The molecule has 24 heteroatoms. The van der Waals surface area contributed by atoms with Crippen LogP contribution in [0, 0.1) is 34.9 Å². The lowest BCUT2D eigenvalue weighted by molar-refractivity contribution is -0.149. The fourth-order valence-corrected chi connectivity index (χ4v) is 6.02. The zero-order chi connectivity index (χ0) is 41.3. The maximum absolute atomic E-state index is 13.7. The van der Waals surface area contributed by atoms with Gasteiger partial charge in [0.05, 0.1) is 13.1 Å². The third-order valence-electron chi connectivity index (χ3n) is 8.74. The molecular weight excluding hydrogens is 796 g/mol. The summed E-state index contributed by atoms with van der Waals surface area (Å²) in [7, 11) is 0. The van der Waals surface area contributed by atoms with Crippen molar-refractivity contribution in [2.24, 2.45) is 11.5 Å². The number of fused-ring (bicyclic) bond motifs is 2. The molecule has 312 valence electrons. The van der Waals surface area contributed by atoms with Gasteiger partial charge in [-0.1, -0.05) is 7.43 Å². The summed E-state index contributed by atoms with van der Waals surface area (Å²) >= 11 is 0. The van der Waals surface area contributed by atoms with Crippen LogP contribution in [0.2, 0.25) is 0 Å². The minimum Gasteiger partial charge on any atom is -0.333 e. The summed E-state index contributed by atoms with van der Waals surface area (Å²) < 4.78 is 159. The molecule has 12 nitrogen and oxygen atoms in total. The fourth-order valence-electron chi connectivity index (χ4n) is 6.02. The molecule has 0 bridgehead atoms. The van der Waals surface area contributed by atoms with Gasteiger partial charge in [-0.15, -0.1) is 20.4 Å². The van der Waals surface area contributed by atoms with Crippen LogP contribution in [0.4, 0.5) is 52.7 Å². The molecule has 2 aliphatic rings. The average molecular weight is 831 g/mol. The molecule has 0 saturated carbocycles. The first kappa shape index (κ1) is 44.5. The lowest BCUT2D eigenvalue weighted by atomic mass is 10.0. The summed E-state index contributed by atoms with van der Waals surface area (Å²) in [6.45, 7) is -0.604.